The van der Waals surface area contributed by atoms with Gasteiger partial charge in [-0.3, -0.25) is 5.32 Å². The van der Waals surface area contributed by atoms with Crippen LogP contribution in [0.2, 0.25) is 0 Å². The summed E-state index contributed by atoms with van der Waals surface area (Å²) in [5.41, 5.74) is 7.57. The monoisotopic (exact) mass is 291 g/mol. The number of hydrogen-bond acceptors (Lipinski definition) is 5. The number of amides is 1. The van der Waals surface area contributed by atoms with Gasteiger partial charge in [-0.25, -0.2) is 9.78 Å². The Morgan fingerprint density at radius 1 is 1.40 bits per heavy atom. The largest absolute Gasteiger partial charge is 0.444 e. The molecule has 5 nitrogen and oxygen atoms in total. The summed E-state index contributed by atoms with van der Waals surface area (Å²) < 4.78 is 5.17. The molecule has 0 saturated heterocycles. The van der Waals surface area contributed by atoms with Crippen molar-refractivity contribution in [3.05, 3.63) is 29.6 Å². The summed E-state index contributed by atoms with van der Waals surface area (Å²) in [7, 11) is 0. The van der Waals surface area contributed by atoms with Crippen LogP contribution in [-0.2, 0) is 4.74 Å². The summed E-state index contributed by atoms with van der Waals surface area (Å²) in [4.78, 5) is 16.0. The van der Waals surface area contributed by atoms with Gasteiger partial charge in [-0.05, 0) is 32.9 Å². The van der Waals surface area contributed by atoms with E-state index in [1.54, 1.807) is 0 Å². The van der Waals surface area contributed by atoms with Crippen LogP contribution in [0.5, 0.6) is 0 Å². The number of nitrogen functional groups attached to an aromatic ring is 1. The highest BCUT2D eigenvalue weighted by Gasteiger charge is 2.17. The van der Waals surface area contributed by atoms with E-state index in [1.807, 2.05) is 50.4 Å². The van der Waals surface area contributed by atoms with Crippen LogP contribution in [0.15, 0.2) is 29.6 Å². The Morgan fingerprint density at radius 3 is 2.80 bits per heavy atom. The third-order valence-corrected chi connectivity index (χ3v) is 3.05. The van der Waals surface area contributed by atoms with Gasteiger partial charge < -0.3 is 10.5 Å². The van der Waals surface area contributed by atoms with E-state index in [-0.39, 0.29) is 0 Å². The lowest BCUT2D eigenvalue weighted by Gasteiger charge is -2.18. The summed E-state index contributed by atoms with van der Waals surface area (Å²) in [5, 5.41) is 4.98. The van der Waals surface area contributed by atoms with Crippen molar-refractivity contribution in [1.29, 1.82) is 0 Å². The molecule has 20 heavy (non-hydrogen) atoms. The minimum Gasteiger partial charge on any atom is -0.444 e. The van der Waals surface area contributed by atoms with Gasteiger partial charge in [0.25, 0.3) is 0 Å². The topological polar surface area (TPSA) is 77.2 Å². The zero-order valence-corrected chi connectivity index (χ0v) is 12.5. The Balaban J connectivity index is 2.08. The predicted octanol–water partition coefficient (Wildman–Crippen LogP) is 3.74. The van der Waals surface area contributed by atoms with Crippen LogP contribution in [0.3, 0.4) is 0 Å². The number of nitrogens with zero attached hydrogens (tertiary/aromatic N) is 1. The average molecular weight is 291 g/mol. The number of aromatic nitrogens is 1. The Morgan fingerprint density at radius 2 is 2.15 bits per heavy atom. The normalized spacial score (nSPS) is 11.2. The van der Waals surface area contributed by atoms with Crippen molar-refractivity contribution in [2.24, 2.45) is 0 Å². The van der Waals surface area contributed by atoms with E-state index >= 15 is 0 Å². The summed E-state index contributed by atoms with van der Waals surface area (Å²) in [6, 6.07) is 7.44. The quantitative estimate of drug-likeness (QED) is 0.826. The minimum absolute atomic E-state index is 0.497. The second-order valence-corrected chi connectivity index (χ2v) is 6.15. The first-order valence-electron chi connectivity index (χ1n) is 6.15. The number of nitrogens with two attached hydrogens (primary N) is 1. The standard InChI is InChI=1S/C14H17N3O2S/c1-14(2,3)19-13(18)17-12-16-11(8-20-12)9-5-4-6-10(15)7-9/h4-8H,15H2,1-3H3,(H,16,17,18). The maximum atomic E-state index is 11.6. The van der Waals surface area contributed by atoms with Crippen LogP contribution in [0.1, 0.15) is 20.8 Å². The number of benzene rings is 1. The first-order chi connectivity index (χ1) is 9.33. The lowest BCUT2D eigenvalue weighted by Crippen LogP contribution is -2.27. The number of thiazole rings is 1. The van der Waals surface area contributed by atoms with E-state index in [9.17, 15) is 4.79 Å². The zero-order valence-electron chi connectivity index (χ0n) is 11.6. The molecule has 0 fully saturated rings. The Bertz CT molecular complexity index is 617. The van der Waals surface area contributed by atoms with E-state index < -0.39 is 11.7 Å². The predicted molar refractivity (Wildman–Crippen MR) is 81.8 cm³/mol. The molecule has 0 bridgehead atoms. The molecule has 6 heteroatoms. The summed E-state index contributed by atoms with van der Waals surface area (Å²) in [6.07, 6.45) is -0.508. The number of rotatable bonds is 2. The fourth-order valence-electron chi connectivity index (χ4n) is 1.55. The molecule has 0 atom stereocenters. The van der Waals surface area contributed by atoms with Gasteiger partial charge in [0, 0.05) is 16.6 Å². The SMILES string of the molecule is CC(C)(C)OC(=O)Nc1nc(-c2cccc(N)c2)cs1. The third kappa shape index (κ3) is 3.96. The van der Waals surface area contributed by atoms with E-state index in [1.165, 1.54) is 11.3 Å². The van der Waals surface area contributed by atoms with Gasteiger partial charge >= 0.3 is 6.09 Å². The molecule has 1 heterocycles. The lowest BCUT2D eigenvalue weighted by atomic mass is 10.1. The van der Waals surface area contributed by atoms with Crippen molar-refractivity contribution in [2.45, 2.75) is 26.4 Å². The van der Waals surface area contributed by atoms with E-state index in [2.05, 4.69) is 10.3 Å². The molecule has 106 valence electrons. The summed E-state index contributed by atoms with van der Waals surface area (Å²) in [5.74, 6) is 0. The molecule has 0 aliphatic heterocycles. The highest BCUT2D eigenvalue weighted by Crippen LogP contribution is 2.26. The number of carbonyl (C=O) groups excluding carboxylic acids is 1. The number of nitrogens with one attached hydrogen (secondary N) is 1. The van der Waals surface area contributed by atoms with Crippen LogP contribution in [0, 0.1) is 0 Å². The van der Waals surface area contributed by atoms with Crippen LogP contribution in [0.25, 0.3) is 11.3 Å². The Kier molecular flexibility index (Phi) is 3.94. The molecule has 1 aromatic carbocycles. The molecular weight excluding hydrogens is 274 g/mol. The van der Waals surface area contributed by atoms with Crippen molar-refractivity contribution in [1.82, 2.24) is 4.98 Å². The second kappa shape index (κ2) is 5.50. The first-order valence-corrected chi connectivity index (χ1v) is 7.03. The van der Waals surface area contributed by atoms with Crippen LogP contribution < -0.4 is 11.1 Å². The van der Waals surface area contributed by atoms with E-state index in [0.29, 0.717) is 10.8 Å². The molecule has 0 saturated carbocycles. The molecule has 0 radical (unpaired) electrons. The fraction of sp³-hybridized carbons (Fsp3) is 0.286. The van der Waals surface area contributed by atoms with Gasteiger partial charge in [-0.15, -0.1) is 11.3 Å². The second-order valence-electron chi connectivity index (χ2n) is 5.29. The van der Waals surface area contributed by atoms with Gasteiger partial charge in [-0.2, -0.15) is 0 Å². The van der Waals surface area contributed by atoms with Crippen molar-refractivity contribution < 1.29 is 9.53 Å². The molecule has 1 aromatic heterocycles. The molecule has 3 N–H and O–H groups in total. The smallest absolute Gasteiger partial charge is 0.413 e. The van der Waals surface area contributed by atoms with Crippen molar-refractivity contribution in [2.75, 3.05) is 11.1 Å². The molecule has 2 rings (SSSR count). The molecule has 0 aliphatic carbocycles. The summed E-state index contributed by atoms with van der Waals surface area (Å²) >= 11 is 1.34. The highest BCUT2D eigenvalue weighted by atomic mass is 32.1. The van der Waals surface area contributed by atoms with Crippen molar-refractivity contribution in [3.8, 4) is 11.3 Å². The van der Waals surface area contributed by atoms with E-state index in [4.69, 9.17) is 10.5 Å². The lowest BCUT2D eigenvalue weighted by molar-refractivity contribution is 0.0636. The number of ether oxygens (including phenoxy) is 1. The maximum absolute atomic E-state index is 11.6. The number of hydrogen-bond donors (Lipinski definition) is 2. The van der Waals surface area contributed by atoms with E-state index in [0.717, 1.165) is 11.3 Å². The van der Waals surface area contributed by atoms with Crippen LogP contribution in [0.4, 0.5) is 15.6 Å². The van der Waals surface area contributed by atoms with Gasteiger partial charge in [0.2, 0.25) is 0 Å². The van der Waals surface area contributed by atoms with Crippen molar-refractivity contribution >= 4 is 28.2 Å². The molecule has 0 unspecified atom stereocenters. The van der Waals surface area contributed by atoms with Gasteiger partial charge in [0.05, 0.1) is 5.69 Å². The van der Waals surface area contributed by atoms with Gasteiger partial charge in [0.1, 0.15) is 5.60 Å². The molecule has 2 aromatic rings. The molecule has 0 spiro atoms. The molecular formula is C14H17N3O2S. The minimum atomic E-state index is -0.530. The van der Waals surface area contributed by atoms with Gasteiger partial charge in [-0.1, -0.05) is 12.1 Å². The molecule has 1 amide bonds. The summed E-state index contributed by atoms with van der Waals surface area (Å²) in [6.45, 7) is 5.44. The Labute approximate surface area is 121 Å². The van der Waals surface area contributed by atoms with Crippen LogP contribution in [-0.4, -0.2) is 16.7 Å². The Hall–Kier alpha value is -2.08. The van der Waals surface area contributed by atoms with Crippen LogP contribution >= 0.6 is 11.3 Å². The first kappa shape index (κ1) is 14.3. The molecule has 0 aliphatic rings. The fourth-order valence-corrected chi connectivity index (χ4v) is 2.26. The third-order valence-electron chi connectivity index (χ3n) is 2.29. The zero-order chi connectivity index (χ0) is 14.8. The maximum Gasteiger partial charge on any atom is 0.413 e. The van der Waals surface area contributed by atoms with Gasteiger partial charge in [0.15, 0.2) is 5.13 Å². The van der Waals surface area contributed by atoms with Crippen molar-refractivity contribution in [3.63, 3.8) is 0 Å². The highest BCUT2D eigenvalue weighted by molar-refractivity contribution is 7.14. The number of anilines is 2. The number of carbonyl (C=O) groups is 1. The average Bonchev–Trinajstić information content (AvgIpc) is 2.74.